The molecular formula is C16H21NO2. The Hall–Kier alpha value is -1.90. The fourth-order valence-electron chi connectivity index (χ4n) is 2.15. The average Bonchev–Trinajstić information content (AvgIpc) is 2.67. The monoisotopic (exact) mass is 259 g/mol. The van der Waals surface area contributed by atoms with Gasteiger partial charge in [0.2, 0.25) is 0 Å². The Balaban J connectivity index is 1.98. The van der Waals surface area contributed by atoms with Crippen LogP contribution in [-0.2, 0) is 6.54 Å². The first-order valence-electron chi connectivity index (χ1n) is 6.52. The van der Waals surface area contributed by atoms with E-state index in [4.69, 9.17) is 9.47 Å². The normalized spacial score (nSPS) is 10.5. The van der Waals surface area contributed by atoms with Crippen molar-refractivity contribution in [3.05, 3.63) is 47.3 Å². The Labute approximate surface area is 114 Å². The Morgan fingerprint density at radius 3 is 2.32 bits per heavy atom. The molecule has 0 fully saturated rings. The molecule has 0 saturated carbocycles. The summed E-state index contributed by atoms with van der Waals surface area (Å²) in [5.41, 5.74) is 3.99. The van der Waals surface area contributed by atoms with Gasteiger partial charge in [-0.05, 0) is 44.0 Å². The number of hydrogen-bond acceptors (Lipinski definition) is 2. The average molecular weight is 259 g/mol. The van der Waals surface area contributed by atoms with Gasteiger partial charge in [0.05, 0.1) is 13.7 Å². The van der Waals surface area contributed by atoms with Crippen molar-refractivity contribution in [2.75, 3.05) is 13.7 Å². The third-order valence-electron chi connectivity index (χ3n) is 3.57. The van der Waals surface area contributed by atoms with E-state index in [-0.39, 0.29) is 0 Å². The van der Waals surface area contributed by atoms with Gasteiger partial charge in [-0.25, -0.2) is 0 Å². The molecule has 3 nitrogen and oxygen atoms in total. The van der Waals surface area contributed by atoms with E-state index in [9.17, 15) is 0 Å². The number of rotatable bonds is 5. The molecule has 0 saturated heterocycles. The summed E-state index contributed by atoms with van der Waals surface area (Å²) in [6.07, 6.45) is 2.18. The Morgan fingerprint density at radius 1 is 1.05 bits per heavy atom. The van der Waals surface area contributed by atoms with Crippen LogP contribution in [0.2, 0.25) is 0 Å². The number of methoxy groups -OCH3 is 1. The van der Waals surface area contributed by atoms with Crippen molar-refractivity contribution >= 4 is 0 Å². The van der Waals surface area contributed by atoms with Crippen LogP contribution in [-0.4, -0.2) is 18.3 Å². The van der Waals surface area contributed by atoms with Crippen LogP contribution in [0.5, 0.6) is 11.5 Å². The van der Waals surface area contributed by atoms with Gasteiger partial charge in [0, 0.05) is 11.9 Å². The number of aromatic nitrogens is 1. The van der Waals surface area contributed by atoms with E-state index in [0.29, 0.717) is 6.61 Å². The fourth-order valence-corrected chi connectivity index (χ4v) is 2.15. The van der Waals surface area contributed by atoms with Gasteiger partial charge in [-0.15, -0.1) is 0 Å². The van der Waals surface area contributed by atoms with Crippen LogP contribution in [0, 0.1) is 20.8 Å². The smallest absolute Gasteiger partial charge is 0.161 e. The second-order valence-corrected chi connectivity index (χ2v) is 4.72. The maximum absolute atomic E-state index is 5.79. The SMILES string of the molecule is COc1ccccc1OCCn1cc(C)c(C)c1C. The van der Waals surface area contributed by atoms with Crippen molar-refractivity contribution in [3.8, 4) is 11.5 Å². The van der Waals surface area contributed by atoms with E-state index in [1.807, 2.05) is 24.3 Å². The van der Waals surface area contributed by atoms with Gasteiger partial charge in [0.25, 0.3) is 0 Å². The minimum absolute atomic E-state index is 0.634. The molecule has 1 aromatic heterocycles. The molecule has 0 aliphatic heterocycles. The molecule has 0 amide bonds. The van der Waals surface area contributed by atoms with Gasteiger partial charge in [0.1, 0.15) is 6.61 Å². The van der Waals surface area contributed by atoms with Crippen molar-refractivity contribution in [1.29, 1.82) is 0 Å². The van der Waals surface area contributed by atoms with E-state index < -0.39 is 0 Å². The van der Waals surface area contributed by atoms with E-state index in [1.54, 1.807) is 7.11 Å². The Kier molecular flexibility index (Phi) is 4.15. The molecule has 3 heteroatoms. The molecular weight excluding hydrogens is 238 g/mol. The van der Waals surface area contributed by atoms with Gasteiger partial charge < -0.3 is 14.0 Å². The van der Waals surface area contributed by atoms with Crippen molar-refractivity contribution in [2.24, 2.45) is 0 Å². The van der Waals surface area contributed by atoms with Crippen molar-refractivity contribution in [2.45, 2.75) is 27.3 Å². The zero-order chi connectivity index (χ0) is 13.8. The van der Waals surface area contributed by atoms with Crippen molar-refractivity contribution in [3.63, 3.8) is 0 Å². The molecule has 19 heavy (non-hydrogen) atoms. The number of para-hydroxylation sites is 2. The third-order valence-corrected chi connectivity index (χ3v) is 3.57. The lowest BCUT2D eigenvalue weighted by Gasteiger charge is -2.11. The maximum atomic E-state index is 5.79. The Bertz CT molecular complexity index is 558. The summed E-state index contributed by atoms with van der Waals surface area (Å²) in [5, 5.41) is 0. The van der Waals surface area contributed by atoms with Crippen LogP contribution in [0.3, 0.4) is 0 Å². The molecule has 0 unspecified atom stereocenters. The largest absolute Gasteiger partial charge is 0.493 e. The van der Waals surface area contributed by atoms with Crippen LogP contribution in [0.15, 0.2) is 30.5 Å². The fraction of sp³-hybridized carbons (Fsp3) is 0.375. The van der Waals surface area contributed by atoms with Gasteiger partial charge in [-0.3, -0.25) is 0 Å². The highest BCUT2D eigenvalue weighted by molar-refractivity contribution is 5.39. The Morgan fingerprint density at radius 2 is 1.74 bits per heavy atom. The highest BCUT2D eigenvalue weighted by atomic mass is 16.5. The molecule has 1 heterocycles. The van der Waals surface area contributed by atoms with E-state index in [0.717, 1.165) is 18.0 Å². The second-order valence-electron chi connectivity index (χ2n) is 4.72. The van der Waals surface area contributed by atoms with E-state index in [2.05, 4.69) is 31.5 Å². The van der Waals surface area contributed by atoms with Gasteiger partial charge in [-0.2, -0.15) is 0 Å². The van der Waals surface area contributed by atoms with Crippen LogP contribution in [0.4, 0.5) is 0 Å². The lowest BCUT2D eigenvalue weighted by Crippen LogP contribution is -2.09. The number of ether oxygens (including phenoxy) is 2. The second kappa shape index (κ2) is 5.83. The summed E-state index contributed by atoms with van der Waals surface area (Å²) in [7, 11) is 1.66. The third kappa shape index (κ3) is 2.92. The number of aryl methyl sites for hydroxylation is 1. The maximum Gasteiger partial charge on any atom is 0.161 e. The molecule has 102 valence electrons. The quantitative estimate of drug-likeness (QED) is 0.820. The van der Waals surface area contributed by atoms with Crippen LogP contribution < -0.4 is 9.47 Å². The van der Waals surface area contributed by atoms with E-state index >= 15 is 0 Å². The van der Waals surface area contributed by atoms with Gasteiger partial charge in [0.15, 0.2) is 11.5 Å². The molecule has 0 N–H and O–H groups in total. The van der Waals surface area contributed by atoms with Gasteiger partial charge in [-0.1, -0.05) is 12.1 Å². The molecule has 0 aliphatic carbocycles. The summed E-state index contributed by atoms with van der Waals surface area (Å²) in [6, 6.07) is 7.73. The summed E-state index contributed by atoms with van der Waals surface area (Å²) >= 11 is 0. The minimum atomic E-state index is 0.634. The molecule has 1 aromatic carbocycles. The lowest BCUT2D eigenvalue weighted by molar-refractivity contribution is 0.279. The van der Waals surface area contributed by atoms with Gasteiger partial charge >= 0.3 is 0 Å². The summed E-state index contributed by atoms with van der Waals surface area (Å²) in [4.78, 5) is 0. The molecule has 0 radical (unpaired) electrons. The lowest BCUT2D eigenvalue weighted by atomic mass is 10.2. The predicted molar refractivity (Wildman–Crippen MR) is 77.1 cm³/mol. The van der Waals surface area contributed by atoms with Crippen LogP contribution in [0.25, 0.3) is 0 Å². The zero-order valence-corrected chi connectivity index (χ0v) is 12.1. The van der Waals surface area contributed by atoms with Crippen LogP contribution in [0.1, 0.15) is 16.8 Å². The van der Waals surface area contributed by atoms with Crippen LogP contribution >= 0.6 is 0 Å². The predicted octanol–water partition coefficient (Wildman–Crippen LogP) is 3.50. The molecule has 2 aromatic rings. The first kappa shape index (κ1) is 13.5. The summed E-state index contributed by atoms with van der Waals surface area (Å²) in [5.74, 6) is 1.57. The topological polar surface area (TPSA) is 23.4 Å². The zero-order valence-electron chi connectivity index (χ0n) is 12.1. The van der Waals surface area contributed by atoms with Crippen molar-refractivity contribution < 1.29 is 9.47 Å². The standard InChI is InChI=1S/C16H21NO2/c1-12-11-17(14(3)13(12)2)9-10-19-16-8-6-5-7-15(16)18-4/h5-8,11H,9-10H2,1-4H3. The molecule has 2 rings (SSSR count). The highest BCUT2D eigenvalue weighted by Gasteiger charge is 2.06. The molecule has 0 aliphatic rings. The molecule has 0 spiro atoms. The molecule has 0 atom stereocenters. The number of benzene rings is 1. The summed E-state index contributed by atoms with van der Waals surface area (Å²) < 4.78 is 13.3. The minimum Gasteiger partial charge on any atom is -0.493 e. The van der Waals surface area contributed by atoms with E-state index in [1.165, 1.54) is 16.8 Å². The first-order chi connectivity index (χ1) is 9.13. The number of hydrogen-bond donors (Lipinski definition) is 0. The number of nitrogens with zero attached hydrogens (tertiary/aromatic N) is 1. The van der Waals surface area contributed by atoms with Crippen molar-refractivity contribution in [1.82, 2.24) is 4.57 Å². The summed E-state index contributed by atoms with van der Waals surface area (Å²) in [6.45, 7) is 7.92. The highest BCUT2D eigenvalue weighted by Crippen LogP contribution is 2.25. The molecule has 0 bridgehead atoms. The first-order valence-corrected chi connectivity index (χ1v) is 6.52.